The SMILES string of the molecule is CCC(=O)C(=O)N(N)C(=O)CNC(=S)Nc1ccccc1. The number of anilines is 1. The van der Waals surface area contributed by atoms with Crippen molar-refractivity contribution >= 4 is 40.6 Å². The van der Waals surface area contributed by atoms with E-state index in [2.05, 4.69) is 10.6 Å². The number of hydrogen-bond donors (Lipinski definition) is 3. The van der Waals surface area contributed by atoms with Crippen LogP contribution in [0.3, 0.4) is 0 Å². The number of hydrazine groups is 1. The summed E-state index contributed by atoms with van der Waals surface area (Å²) in [5.41, 5.74) is 0.754. The van der Waals surface area contributed by atoms with Crippen LogP contribution in [0.5, 0.6) is 0 Å². The van der Waals surface area contributed by atoms with Crippen LogP contribution < -0.4 is 16.5 Å². The fourth-order valence-corrected chi connectivity index (χ4v) is 1.53. The molecule has 4 N–H and O–H groups in total. The lowest BCUT2D eigenvalue weighted by Gasteiger charge is -2.15. The number of hydrogen-bond acceptors (Lipinski definition) is 5. The van der Waals surface area contributed by atoms with Gasteiger partial charge in [0.2, 0.25) is 5.78 Å². The first-order valence-electron chi connectivity index (χ1n) is 6.20. The summed E-state index contributed by atoms with van der Waals surface area (Å²) in [7, 11) is 0. The number of carbonyl (C=O) groups is 3. The summed E-state index contributed by atoms with van der Waals surface area (Å²) < 4.78 is 0. The van der Waals surface area contributed by atoms with Crippen LogP contribution in [0, 0.1) is 0 Å². The van der Waals surface area contributed by atoms with Crippen molar-refractivity contribution in [2.45, 2.75) is 13.3 Å². The van der Waals surface area contributed by atoms with Gasteiger partial charge in [0, 0.05) is 12.1 Å². The largest absolute Gasteiger partial charge is 0.353 e. The summed E-state index contributed by atoms with van der Waals surface area (Å²) >= 11 is 5.00. The van der Waals surface area contributed by atoms with Crippen molar-refractivity contribution in [3.05, 3.63) is 30.3 Å². The molecule has 2 amide bonds. The molecule has 1 rings (SSSR count). The molecule has 0 aliphatic rings. The molecule has 0 aliphatic carbocycles. The molecule has 1 aromatic rings. The normalized spacial score (nSPS) is 9.62. The Hall–Kier alpha value is -2.32. The Morgan fingerprint density at radius 1 is 1.24 bits per heavy atom. The number of ketones is 1. The number of nitrogens with zero attached hydrogens (tertiary/aromatic N) is 1. The number of carbonyl (C=O) groups excluding carboxylic acids is 3. The third-order valence-electron chi connectivity index (χ3n) is 2.48. The Morgan fingerprint density at radius 2 is 1.86 bits per heavy atom. The molecule has 0 saturated heterocycles. The molecule has 0 aliphatic heterocycles. The van der Waals surface area contributed by atoms with Gasteiger partial charge in [-0.1, -0.05) is 25.1 Å². The molecule has 8 heteroatoms. The average molecular weight is 308 g/mol. The molecule has 0 spiro atoms. The van der Waals surface area contributed by atoms with Gasteiger partial charge in [-0.25, -0.2) is 10.9 Å². The highest BCUT2D eigenvalue weighted by Gasteiger charge is 2.23. The summed E-state index contributed by atoms with van der Waals surface area (Å²) in [5, 5.41) is 5.97. The highest BCUT2D eigenvalue weighted by molar-refractivity contribution is 7.80. The molecule has 0 aromatic heterocycles. The minimum Gasteiger partial charge on any atom is -0.353 e. The third-order valence-corrected chi connectivity index (χ3v) is 2.73. The van der Waals surface area contributed by atoms with Crippen molar-refractivity contribution < 1.29 is 14.4 Å². The fourth-order valence-electron chi connectivity index (χ4n) is 1.34. The Kier molecular flexibility index (Phi) is 6.44. The van der Waals surface area contributed by atoms with E-state index in [9.17, 15) is 14.4 Å². The van der Waals surface area contributed by atoms with Gasteiger partial charge in [0.25, 0.3) is 5.91 Å². The van der Waals surface area contributed by atoms with Gasteiger partial charge in [0.1, 0.15) is 0 Å². The van der Waals surface area contributed by atoms with Gasteiger partial charge in [0.05, 0.1) is 6.54 Å². The Labute approximate surface area is 127 Å². The number of para-hydroxylation sites is 1. The number of imide groups is 1. The van der Waals surface area contributed by atoms with Crippen LogP contribution in [0.15, 0.2) is 30.3 Å². The molecule has 1 aromatic carbocycles. The van der Waals surface area contributed by atoms with E-state index in [4.69, 9.17) is 18.1 Å². The van der Waals surface area contributed by atoms with Crippen molar-refractivity contribution in [2.75, 3.05) is 11.9 Å². The van der Waals surface area contributed by atoms with Gasteiger partial charge in [-0.2, -0.15) is 0 Å². The van der Waals surface area contributed by atoms with Crippen molar-refractivity contribution in [3.63, 3.8) is 0 Å². The second kappa shape index (κ2) is 8.08. The minimum atomic E-state index is -1.04. The molecule has 0 bridgehead atoms. The predicted molar refractivity (Wildman–Crippen MR) is 82.0 cm³/mol. The molecule has 7 nitrogen and oxygen atoms in total. The van der Waals surface area contributed by atoms with Crippen LogP contribution in [0.2, 0.25) is 0 Å². The maximum absolute atomic E-state index is 11.6. The summed E-state index contributed by atoms with van der Waals surface area (Å²) in [4.78, 5) is 34.2. The molecule has 112 valence electrons. The van der Waals surface area contributed by atoms with Crippen molar-refractivity contribution in [1.29, 1.82) is 0 Å². The van der Waals surface area contributed by atoms with Crippen LogP contribution in [-0.2, 0) is 14.4 Å². The quantitative estimate of drug-likeness (QED) is 0.234. The van der Waals surface area contributed by atoms with Gasteiger partial charge in [-0.15, -0.1) is 0 Å². The van der Waals surface area contributed by atoms with Crippen molar-refractivity contribution in [2.24, 2.45) is 5.84 Å². The van der Waals surface area contributed by atoms with E-state index in [-0.39, 0.29) is 18.1 Å². The zero-order valence-corrected chi connectivity index (χ0v) is 12.3. The fraction of sp³-hybridized carbons (Fsp3) is 0.231. The van der Waals surface area contributed by atoms with E-state index < -0.39 is 17.6 Å². The van der Waals surface area contributed by atoms with E-state index >= 15 is 0 Å². The number of Topliss-reactive ketones (excluding diaryl/α,β-unsaturated/α-hetero) is 1. The molecule has 21 heavy (non-hydrogen) atoms. The van der Waals surface area contributed by atoms with E-state index in [0.29, 0.717) is 5.01 Å². The lowest BCUT2D eigenvalue weighted by molar-refractivity contribution is -0.151. The molecule has 0 radical (unpaired) electrons. The van der Waals surface area contributed by atoms with E-state index in [1.54, 1.807) is 12.1 Å². The van der Waals surface area contributed by atoms with E-state index in [1.807, 2.05) is 18.2 Å². The van der Waals surface area contributed by atoms with Gasteiger partial charge in [0.15, 0.2) is 5.11 Å². The molecule has 0 heterocycles. The van der Waals surface area contributed by atoms with Crippen LogP contribution in [0.1, 0.15) is 13.3 Å². The van der Waals surface area contributed by atoms with Crippen LogP contribution in [0.4, 0.5) is 5.69 Å². The van der Waals surface area contributed by atoms with Gasteiger partial charge in [-0.05, 0) is 24.4 Å². The third kappa shape index (κ3) is 5.28. The highest BCUT2D eigenvalue weighted by atomic mass is 32.1. The number of benzene rings is 1. The van der Waals surface area contributed by atoms with Crippen molar-refractivity contribution in [1.82, 2.24) is 10.3 Å². The smallest absolute Gasteiger partial charge is 0.310 e. The first-order valence-corrected chi connectivity index (χ1v) is 6.61. The Bertz CT molecular complexity index is 548. The Morgan fingerprint density at radius 3 is 2.43 bits per heavy atom. The molecular formula is C13H16N4O3S. The minimum absolute atomic E-state index is 0.0127. The van der Waals surface area contributed by atoms with Crippen LogP contribution >= 0.6 is 12.2 Å². The van der Waals surface area contributed by atoms with Gasteiger partial charge < -0.3 is 10.6 Å². The molecule has 0 fully saturated rings. The van der Waals surface area contributed by atoms with E-state index in [1.165, 1.54) is 6.92 Å². The maximum Gasteiger partial charge on any atom is 0.310 e. The number of thiocarbonyl (C=S) groups is 1. The highest BCUT2D eigenvalue weighted by Crippen LogP contribution is 2.04. The van der Waals surface area contributed by atoms with Crippen LogP contribution in [-0.4, -0.2) is 34.3 Å². The number of rotatable bonds is 5. The molecule has 0 atom stereocenters. The first kappa shape index (κ1) is 16.7. The second-order valence-electron chi connectivity index (χ2n) is 4.02. The van der Waals surface area contributed by atoms with E-state index in [0.717, 1.165) is 5.69 Å². The average Bonchev–Trinajstić information content (AvgIpc) is 2.51. The number of nitrogens with two attached hydrogens (primary N) is 1. The molecule has 0 saturated carbocycles. The topological polar surface area (TPSA) is 105 Å². The second-order valence-corrected chi connectivity index (χ2v) is 4.43. The zero-order valence-electron chi connectivity index (χ0n) is 11.5. The summed E-state index contributed by atoms with van der Waals surface area (Å²) in [5.74, 6) is 2.77. The first-order chi connectivity index (χ1) is 9.95. The molecular weight excluding hydrogens is 292 g/mol. The lowest BCUT2D eigenvalue weighted by atomic mass is 10.3. The monoisotopic (exact) mass is 308 g/mol. The molecule has 0 unspecified atom stereocenters. The lowest BCUT2D eigenvalue weighted by Crippen LogP contribution is -2.50. The van der Waals surface area contributed by atoms with Crippen LogP contribution in [0.25, 0.3) is 0 Å². The van der Waals surface area contributed by atoms with Crippen molar-refractivity contribution in [3.8, 4) is 0 Å². The number of nitrogens with one attached hydrogen (secondary N) is 2. The number of amides is 2. The van der Waals surface area contributed by atoms with Gasteiger partial charge in [-0.3, -0.25) is 14.4 Å². The Balaban J connectivity index is 2.44. The summed E-state index contributed by atoms with van der Waals surface area (Å²) in [6, 6.07) is 9.11. The predicted octanol–water partition coefficient (Wildman–Crippen LogP) is 0.181. The summed E-state index contributed by atoms with van der Waals surface area (Å²) in [6.07, 6.45) is -0.0127. The summed E-state index contributed by atoms with van der Waals surface area (Å²) in [6.45, 7) is 1.22. The maximum atomic E-state index is 11.6. The van der Waals surface area contributed by atoms with Gasteiger partial charge >= 0.3 is 5.91 Å². The standard InChI is InChI=1S/C13H16N4O3S/c1-2-10(18)12(20)17(14)11(19)8-15-13(21)16-9-6-4-3-5-7-9/h3-7H,2,8,14H2,1H3,(H2,15,16,21). The zero-order chi connectivity index (χ0) is 15.8.